The number of nitrogens with zero attached hydrogens (tertiary/aromatic N) is 1. The van der Waals surface area contributed by atoms with Gasteiger partial charge in [-0.25, -0.2) is 4.98 Å². The lowest BCUT2D eigenvalue weighted by Crippen LogP contribution is -2.28. The third kappa shape index (κ3) is 3.72. The zero-order valence-electron chi connectivity index (χ0n) is 10.7. The van der Waals surface area contributed by atoms with Crippen molar-refractivity contribution < 1.29 is 0 Å². The molecule has 0 saturated carbocycles. The molecule has 2 atom stereocenters. The molecule has 2 unspecified atom stereocenters. The molecule has 1 rings (SSSR count). The van der Waals surface area contributed by atoms with E-state index in [9.17, 15) is 0 Å². The van der Waals surface area contributed by atoms with Gasteiger partial charge in [0.05, 0.1) is 10.7 Å². The van der Waals surface area contributed by atoms with E-state index in [0.717, 1.165) is 17.8 Å². The van der Waals surface area contributed by atoms with Crippen molar-refractivity contribution in [3.8, 4) is 0 Å². The molecule has 0 aliphatic rings. The molecule has 0 spiro atoms. The van der Waals surface area contributed by atoms with E-state index < -0.39 is 0 Å². The Kier molecular flexibility index (Phi) is 5.16. The zero-order chi connectivity index (χ0) is 12.1. The van der Waals surface area contributed by atoms with Crippen molar-refractivity contribution in [2.75, 3.05) is 0 Å². The van der Waals surface area contributed by atoms with Crippen LogP contribution in [0.25, 0.3) is 0 Å². The fourth-order valence-electron chi connectivity index (χ4n) is 1.90. The summed E-state index contributed by atoms with van der Waals surface area (Å²) in [5.41, 5.74) is 1.17. The van der Waals surface area contributed by atoms with E-state index in [1.54, 1.807) is 11.3 Å². The van der Waals surface area contributed by atoms with Gasteiger partial charge in [-0.2, -0.15) is 0 Å². The maximum Gasteiger partial charge on any atom is 0.0900 e. The molecule has 16 heavy (non-hydrogen) atoms. The molecule has 0 aliphatic heterocycles. The van der Waals surface area contributed by atoms with E-state index in [2.05, 4.69) is 44.6 Å². The van der Waals surface area contributed by atoms with Gasteiger partial charge >= 0.3 is 0 Å². The van der Waals surface area contributed by atoms with Gasteiger partial charge in [0.1, 0.15) is 0 Å². The average Bonchev–Trinajstić information content (AvgIpc) is 2.54. The summed E-state index contributed by atoms with van der Waals surface area (Å²) in [7, 11) is 0. The van der Waals surface area contributed by atoms with E-state index in [4.69, 9.17) is 0 Å². The molecule has 0 fully saturated rings. The van der Waals surface area contributed by atoms with Crippen molar-refractivity contribution in [3.63, 3.8) is 0 Å². The van der Waals surface area contributed by atoms with Crippen LogP contribution in [0.15, 0.2) is 12.7 Å². The summed E-state index contributed by atoms with van der Waals surface area (Å²) in [6.07, 6.45) is 4.19. The van der Waals surface area contributed by atoms with Gasteiger partial charge in [0.15, 0.2) is 0 Å². The average molecular weight is 238 g/mol. The third-order valence-corrected chi connectivity index (χ3v) is 3.93. The van der Waals surface area contributed by atoms with Gasteiger partial charge in [0.2, 0.25) is 0 Å². The van der Waals surface area contributed by atoms with E-state index >= 15 is 0 Å². The molecule has 0 aromatic carbocycles. The Morgan fingerprint density at radius 3 is 2.62 bits per heavy atom. The first-order valence-corrected chi connectivity index (χ1v) is 6.67. The number of rotatable bonds is 6. The summed E-state index contributed by atoms with van der Waals surface area (Å²) in [5.74, 6) is 0. The second-order valence-corrected chi connectivity index (χ2v) is 5.57. The molecule has 0 amide bonds. The Morgan fingerprint density at radius 2 is 2.12 bits per heavy atom. The zero-order valence-corrected chi connectivity index (χ0v) is 11.5. The van der Waals surface area contributed by atoms with Gasteiger partial charge in [-0.15, -0.1) is 17.9 Å². The molecule has 1 aromatic heterocycles. The predicted octanol–water partition coefficient (Wildman–Crippen LogP) is 3.77. The highest BCUT2D eigenvalue weighted by Crippen LogP contribution is 2.24. The minimum Gasteiger partial charge on any atom is -0.307 e. The second-order valence-electron chi connectivity index (χ2n) is 4.34. The lowest BCUT2D eigenvalue weighted by Gasteiger charge is -2.18. The minimum absolute atomic E-state index is 0.394. The first kappa shape index (κ1) is 13.4. The third-order valence-electron chi connectivity index (χ3n) is 2.67. The lowest BCUT2D eigenvalue weighted by atomic mass is 10.1. The van der Waals surface area contributed by atoms with E-state index in [1.165, 1.54) is 10.6 Å². The number of allylic oxidation sites excluding steroid dienone is 1. The van der Waals surface area contributed by atoms with Gasteiger partial charge in [-0.3, -0.25) is 0 Å². The van der Waals surface area contributed by atoms with Crippen molar-refractivity contribution in [3.05, 3.63) is 28.2 Å². The number of aryl methyl sites for hydroxylation is 2. The van der Waals surface area contributed by atoms with E-state index in [0.29, 0.717) is 12.1 Å². The maximum absolute atomic E-state index is 4.46. The Hall–Kier alpha value is -0.670. The standard InChI is InChI=1S/C13H22N2S/c1-6-7-8-9(2)14-10(3)13-11(4)15-12(5)16-13/h6,9-10,14H,1,7-8H2,2-5H3. The predicted molar refractivity (Wildman–Crippen MR) is 72.0 cm³/mol. The quantitative estimate of drug-likeness (QED) is 0.763. The van der Waals surface area contributed by atoms with Crippen molar-refractivity contribution in [2.24, 2.45) is 0 Å². The Morgan fingerprint density at radius 1 is 1.44 bits per heavy atom. The highest BCUT2D eigenvalue weighted by atomic mass is 32.1. The molecule has 3 heteroatoms. The van der Waals surface area contributed by atoms with Crippen molar-refractivity contribution in [1.82, 2.24) is 10.3 Å². The number of hydrogen-bond acceptors (Lipinski definition) is 3. The Labute approximate surface area is 103 Å². The van der Waals surface area contributed by atoms with Crippen molar-refractivity contribution in [1.29, 1.82) is 0 Å². The molecule has 0 saturated heterocycles. The van der Waals surface area contributed by atoms with Crippen LogP contribution in [-0.4, -0.2) is 11.0 Å². The molecule has 90 valence electrons. The molecule has 1 heterocycles. The molecule has 1 aromatic rings. The van der Waals surface area contributed by atoms with Crippen molar-refractivity contribution in [2.45, 2.75) is 52.6 Å². The molecule has 0 radical (unpaired) electrons. The number of aromatic nitrogens is 1. The van der Waals surface area contributed by atoms with Gasteiger partial charge in [-0.05, 0) is 40.5 Å². The second kappa shape index (κ2) is 6.16. The SMILES string of the molecule is C=CCCC(C)NC(C)c1sc(C)nc1C. The fourth-order valence-corrected chi connectivity index (χ4v) is 2.84. The summed E-state index contributed by atoms with van der Waals surface area (Å²) >= 11 is 1.79. The number of hydrogen-bond donors (Lipinski definition) is 1. The van der Waals surface area contributed by atoms with Gasteiger partial charge < -0.3 is 5.32 Å². The largest absolute Gasteiger partial charge is 0.307 e. The Bertz CT molecular complexity index is 344. The van der Waals surface area contributed by atoms with E-state index in [1.807, 2.05) is 6.08 Å². The van der Waals surface area contributed by atoms with Crippen LogP contribution < -0.4 is 5.32 Å². The van der Waals surface area contributed by atoms with Crippen LogP contribution >= 0.6 is 11.3 Å². The number of nitrogens with one attached hydrogen (secondary N) is 1. The highest BCUT2D eigenvalue weighted by molar-refractivity contribution is 7.11. The first-order chi connectivity index (χ1) is 7.54. The summed E-state index contributed by atoms with van der Waals surface area (Å²) in [6, 6.07) is 0.917. The fraction of sp³-hybridized carbons (Fsp3) is 0.615. The van der Waals surface area contributed by atoms with Crippen LogP contribution in [0.3, 0.4) is 0 Å². The molecule has 2 nitrogen and oxygen atoms in total. The smallest absolute Gasteiger partial charge is 0.0900 e. The van der Waals surface area contributed by atoms with Crippen LogP contribution in [0.5, 0.6) is 0 Å². The maximum atomic E-state index is 4.46. The number of thiazole rings is 1. The summed E-state index contributed by atoms with van der Waals surface area (Å²) in [4.78, 5) is 5.83. The molecule has 1 N–H and O–H groups in total. The van der Waals surface area contributed by atoms with Crippen molar-refractivity contribution >= 4 is 11.3 Å². The van der Waals surface area contributed by atoms with Gasteiger partial charge in [0, 0.05) is 17.0 Å². The molecule has 0 bridgehead atoms. The monoisotopic (exact) mass is 238 g/mol. The normalized spacial score (nSPS) is 14.8. The van der Waals surface area contributed by atoms with Crippen LogP contribution in [0.2, 0.25) is 0 Å². The summed E-state index contributed by atoms with van der Waals surface area (Å²) in [5, 5.41) is 4.76. The van der Waals surface area contributed by atoms with Gasteiger partial charge in [-0.1, -0.05) is 6.08 Å². The first-order valence-electron chi connectivity index (χ1n) is 5.85. The van der Waals surface area contributed by atoms with Crippen LogP contribution in [0.4, 0.5) is 0 Å². The molecule has 0 aliphatic carbocycles. The minimum atomic E-state index is 0.394. The topological polar surface area (TPSA) is 24.9 Å². The Balaban J connectivity index is 2.54. The highest BCUT2D eigenvalue weighted by Gasteiger charge is 2.14. The van der Waals surface area contributed by atoms with Crippen LogP contribution in [-0.2, 0) is 0 Å². The van der Waals surface area contributed by atoms with Crippen LogP contribution in [0, 0.1) is 13.8 Å². The molecular formula is C13H22N2S. The van der Waals surface area contributed by atoms with E-state index in [-0.39, 0.29) is 0 Å². The van der Waals surface area contributed by atoms with Gasteiger partial charge in [0.25, 0.3) is 0 Å². The molecular weight excluding hydrogens is 216 g/mol. The summed E-state index contributed by atoms with van der Waals surface area (Å²) < 4.78 is 0. The lowest BCUT2D eigenvalue weighted by molar-refractivity contribution is 0.461. The van der Waals surface area contributed by atoms with Crippen LogP contribution in [0.1, 0.15) is 48.3 Å². The summed E-state index contributed by atoms with van der Waals surface area (Å²) in [6.45, 7) is 12.3.